The normalized spacial score (nSPS) is 21.0. The van der Waals surface area contributed by atoms with Crippen LogP contribution < -0.4 is 25.0 Å². The molecule has 2 amide bonds. The van der Waals surface area contributed by atoms with Gasteiger partial charge in [-0.15, -0.1) is 11.3 Å². The number of halogens is 1. The number of ether oxygens (including phenoxy) is 2. The van der Waals surface area contributed by atoms with Gasteiger partial charge < -0.3 is 39.5 Å². The van der Waals surface area contributed by atoms with Crippen LogP contribution in [0.2, 0.25) is 0 Å². The van der Waals surface area contributed by atoms with E-state index in [1.807, 2.05) is 49.7 Å². The van der Waals surface area contributed by atoms with Crippen LogP contribution >= 0.6 is 11.3 Å². The minimum atomic E-state index is -0.569. The second kappa shape index (κ2) is 20.4. The standard InChI is InChI=1S/C57H63FN10O6S/c1-4-35-7-5-8-38-23-41(69)24-44(49(35)38)51-50(58)52-45(29-59-51)54(67-30-39-14-15-40(31-67)62-39)64-56(63-52)72-22-21-66-19-16-57(17-20-66)27-43(28-57)73-47-25-42(74-65-47)26-48(70)68-18-6-9-46(68)55(71)61-33(2)36-10-12-37(13-11-36)53-34(3)60-32-75-53/h5,7-8,10-13,23-25,29,32-33,39-40,43,46,62,69H,4,6,9,14-22,26-28,30-31H2,1-3H3,(H,61,71). The Bertz CT molecular complexity index is 3250. The molecule has 1 aliphatic carbocycles. The van der Waals surface area contributed by atoms with Crippen molar-refractivity contribution in [2.75, 3.05) is 50.8 Å². The fraction of sp³-hybridized carbons (Fsp3) is 0.456. The molecule has 12 rings (SSSR count). The molecule has 18 heteroatoms. The molecular formula is C57H63FN10O6S. The highest BCUT2D eigenvalue weighted by Gasteiger charge is 2.47. The van der Waals surface area contributed by atoms with Crippen molar-refractivity contribution in [3.63, 3.8) is 0 Å². The first kappa shape index (κ1) is 49.1. The number of aryl methyl sites for hydroxylation is 2. The number of anilines is 1. The summed E-state index contributed by atoms with van der Waals surface area (Å²) < 4.78 is 35.3. The smallest absolute Gasteiger partial charge is 0.319 e. The summed E-state index contributed by atoms with van der Waals surface area (Å²) in [4.78, 5) is 53.2. The van der Waals surface area contributed by atoms with Gasteiger partial charge in [0.2, 0.25) is 11.8 Å². The monoisotopic (exact) mass is 1030 g/mol. The van der Waals surface area contributed by atoms with Gasteiger partial charge in [0.25, 0.3) is 5.88 Å². The van der Waals surface area contributed by atoms with Crippen LogP contribution in [0.3, 0.4) is 0 Å². The van der Waals surface area contributed by atoms with E-state index < -0.39 is 11.9 Å². The number of carbonyl (C=O) groups is 2. The van der Waals surface area contributed by atoms with E-state index in [1.54, 1.807) is 40.6 Å². The molecule has 4 aromatic heterocycles. The minimum absolute atomic E-state index is 0.000579. The number of pyridine rings is 1. The van der Waals surface area contributed by atoms with Crippen molar-refractivity contribution in [2.24, 2.45) is 5.41 Å². The van der Waals surface area contributed by atoms with E-state index in [0.29, 0.717) is 66.6 Å². The molecule has 7 aromatic rings. The number of amides is 2. The number of thiazole rings is 1. The number of piperazine rings is 1. The highest BCUT2D eigenvalue weighted by Crippen LogP contribution is 2.50. The van der Waals surface area contributed by atoms with Crippen LogP contribution in [0.25, 0.3) is 43.4 Å². The number of rotatable bonds is 15. The average molecular weight is 1040 g/mol. The van der Waals surface area contributed by atoms with E-state index in [-0.39, 0.29) is 58.8 Å². The summed E-state index contributed by atoms with van der Waals surface area (Å²) in [5, 5.41) is 23.9. The lowest BCUT2D eigenvalue weighted by atomic mass is 9.61. The quantitative estimate of drug-likeness (QED) is 0.0886. The number of aromatic nitrogens is 5. The number of nitrogens with zero attached hydrogens (tertiary/aromatic N) is 8. The second-order valence-corrected chi connectivity index (χ2v) is 22.3. The van der Waals surface area contributed by atoms with Crippen LogP contribution in [0.1, 0.15) is 93.8 Å². The predicted octanol–water partition coefficient (Wildman–Crippen LogP) is 8.73. The molecule has 0 radical (unpaired) electrons. The third kappa shape index (κ3) is 9.87. The number of piperidine rings is 1. The largest absolute Gasteiger partial charge is 0.508 e. The molecule has 390 valence electrons. The van der Waals surface area contributed by atoms with E-state index in [1.165, 1.54) is 0 Å². The number of phenolic OH excluding ortho intramolecular Hbond substituents is 1. The summed E-state index contributed by atoms with van der Waals surface area (Å²) in [6, 6.07) is 19.1. The SMILES string of the molecule is CCc1cccc2cc(O)cc(-c3ncc4c(N5CC6CCC(C5)N6)nc(OCCN5CCC6(CC5)CC(Oc5cc(CC(=O)N7CCCC7C(=O)NC(C)c7ccc(-c8scnc8C)cc7)on5)C6)nc4c3F)c12. The molecule has 75 heavy (non-hydrogen) atoms. The molecular weight excluding hydrogens is 972 g/mol. The van der Waals surface area contributed by atoms with Gasteiger partial charge in [0.05, 0.1) is 33.9 Å². The van der Waals surface area contributed by atoms with Crippen molar-refractivity contribution in [1.29, 1.82) is 0 Å². The molecule has 1 saturated carbocycles. The molecule has 8 heterocycles. The summed E-state index contributed by atoms with van der Waals surface area (Å²) in [6.45, 7) is 10.9. The molecule has 4 unspecified atom stereocenters. The Morgan fingerprint density at radius 2 is 1.81 bits per heavy atom. The van der Waals surface area contributed by atoms with Gasteiger partial charge in [-0.3, -0.25) is 19.5 Å². The van der Waals surface area contributed by atoms with Crippen molar-refractivity contribution in [3.05, 3.63) is 101 Å². The summed E-state index contributed by atoms with van der Waals surface area (Å²) in [6.07, 6.45) is 9.85. The molecule has 5 aliphatic rings. The van der Waals surface area contributed by atoms with Gasteiger partial charge in [-0.05, 0) is 135 Å². The van der Waals surface area contributed by atoms with Crippen LogP contribution in [-0.2, 0) is 22.4 Å². The highest BCUT2D eigenvalue weighted by molar-refractivity contribution is 7.13. The van der Waals surface area contributed by atoms with Crippen molar-refractivity contribution >= 4 is 50.6 Å². The Hall–Kier alpha value is -6.76. The zero-order chi connectivity index (χ0) is 51.4. The average Bonchev–Trinajstić information content (AvgIpc) is 4.24. The minimum Gasteiger partial charge on any atom is -0.508 e. The van der Waals surface area contributed by atoms with Crippen LogP contribution in [0.5, 0.6) is 17.6 Å². The van der Waals surface area contributed by atoms with E-state index >= 15 is 4.39 Å². The summed E-state index contributed by atoms with van der Waals surface area (Å²) in [5.41, 5.74) is 6.97. The van der Waals surface area contributed by atoms with Crippen LogP contribution in [0, 0.1) is 18.2 Å². The molecule has 3 aromatic carbocycles. The topological polar surface area (TPSA) is 184 Å². The van der Waals surface area contributed by atoms with Gasteiger partial charge in [0.1, 0.15) is 47.3 Å². The number of fused-ring (bicyclic) bond motifs is 4. The first-order valence-electron chi connectivity index (χ1n) is 26.7. The maximum absolute atomic E-state index is 17.1. The Balaban J connectivity index is 0.633. The first-order valence-corrected chi connectivity index (χ1v) is 27.5. The van der Waals surface area contributed by atoms with Gasteiger partial charge in [-0.1, -0.05) is 49.4 Å². The fourth-order valence-corrected chi connectivity index (χ4v) is 13.3. The number of carbonyl (C=O) groups excluding carboxylic acids is 2. The van der Waals surface area contributed by atoms with Gasteiger partial charge in [-0.2, -0.15) is 9.97 Å². The summed E-state index contributed by atoms with van der Waals surface area (Å²) in [7, 11) is 0. The highest BCUT2D eigenvalue weighted by atomic mass is 32.1. The second-order valence-electron chi connectivity index (χ2n) is 21.4. The molecule has 3 N–H and O–H groups in total. The third-order valence-corrected chi connectivity index (χ3v) is 17.5. The Labute approximate surface area is 439 Å². The Morgan fingerprint density at radius 3 is 2.57 bits per heavy atom. The van der Waals surface area contributed by atoms with Gasteiger partial charge in [0.15, 0.2) is 5.82 Å². The maximum atomic E-state index is 17.1. The lowest BCUT2D eigenvalue weighted by Gasteiger charge is -2.51. The molecule has 16 nitrogen and oxygen atoms in total. The Kier molecular flexibility index (Phi) is 13.4. The first-order chi connectivity index (χ1) is 36.5. The number of hydrogen-bond donors (Lipinski definition) is 3. The lowest BCUT2D eigenvalue weighted by Crippen LogP contribution is -2.51. The molecule has 4 atom stereocenters. The zero-order valence-electron chi connectivity index (χ0n) is 42.7. The summed E-state index contributed by atoms with van der Waals surface area (Å²) >= 11 is 1.61. The van der Waals surface area contributed by atoms with E-state index in [2.05, 4.69) is 49.6 Å². The number of nitrogens with one attached hydrogen (secondary N) is 2. The number of benzene rings is 3. The lowest BCUT2D eigenvalue weighted by molar-refractivity contribution is -0.138. The summed E-state index contributed by atoms with van der Waals surface area (Å²) in [5.74, 6) is 0.561. The number of hydrogen-bond acceptors (Lipinski definition) is 15. The third-order valence-electron chi connectivity index (χ3n) is 16.5. The zero-order valence-corrected chi connectivity index (χ0v) is 43.5. The molecule has 2 bridgehead atoms. The van der Waals surface area contributed by atoms with E-state index in [4.69, 9.17) is 28.9 Å². The molecule has 5 fully saturated rings. The van der Waals surface area contributed by atoms with Crippen LogP contribution in [-0.4, -0.2) is 122 Å². The van der Waals surface area contributed by atoms with Gasteiger partial charge in [-0.25, -0.2) is 9.37 Å². The van der Waals surface area contributed by atoms with Gasteiger partial charge >= 0.3 is 6.01 Å². The van der Waals surface area contributed by atoms with E-state index in [0.717, 1.165) is 116 Å². The fourth-order valence-electron chi connectivity index (χ4n) is 12.5. The van der Waals surface area contributed by atoms with Crippen LogP contribution in [0.15, 0.2) is 76.9 Å². The van der Waals surface area contributed by atoms with Crippen molar-refractivity contribution < 1.29 is 33.1 Å². The Morgan fingerprint density at radius 1 is 1.01 bits per heavy atom. The van der Waals surface area contributed by atoms with Crippen molar-refractivity contribution in [2.45, 2.75) is 115 Å². The molecule has 1 spiro atoms. The van der Waals surface area contributed by atoms with Crippen molar-refractivity contribution in [3.8, 4) is 39.3 Å². The number of phenols is 1. The predicted molar refractivity (Wildman–Crippen MR) is 284 cm³/mol. The molecule has 4 saturated heterocycles. The number of likely N-dealkylation sites (tertiary alicyclic amines) is 2. The van der Waals surface area contributed by atoms with Crippen molar-refractivity contribution in [1.82, 2.24) is 45.5 Å². The molecule has 4 aliphatic heterocycles. The van der Waals surface area contributed by atoms with Gasteiger partial charge in [0, 0.05) is 56.1 Å². The number of aromatic hydroxyl groups is 1. The maximum Gasteiger partial charge on any atom is 0.319 e. The van der Waals surface area contributed by atoms with Crippen LogP contribution in [0.4, 0.5) is 10.2 Å². The van der Waals surface area contributed by atoms with E-state index in [9.17, 15) is 14.7 Å².